The molecule has 0 aliphatic heterocycles. The summed E-state index contributed by atoms with van der Waals surface area (Å²) in [5.74, 6) is -2.44. The molecule has 1 aromatic rings. The largest absolute Gasteiger partial charge is 0.508 e. The van der Waals surface area contributed by atoms with Crippen LogP contribution >= 0.6 is 0 Å². The molecule has 0 spiro atoms. The number of phenols is 1. The molecule has 40 heavy (non-hydrogen) atoms. The fourth-order valence-electron chi connectivity index (χ4n) is 5.53. The Morgan fingerprint density at radius 3 is 2.40 bits per heavy atom. The second-order valence-electron chi connectivity index (χ2n) is 10.5. The predicted octanol–water partition coefficient (Wildman–Crippen LogP) is 4.46. The highest BCUT2D eigenvalue weighted by molar-refractivity contribution is 6.31. The highest BCUT2D eigenvalue weighted by Crippen LogP contribution is 2.41. The number of aliphatic hydroxyl groups excluding tert-OH is 2. The average molecular weight is 554 g/mol. The molecule has 3 rings (SSSR count). The third-order valence-corrected chi connectivity index (χ3v) is 8.04. The van der Waals surface area contributed by atoms with Gasteiger partial charge in [-0.25, -0.2) is 4.58 Å². The lowest BCUT2D eigenvalue weighted by Gasteiger charge is -2.24. The van der Waals surface area contributed by atoms with Gasteiger partial charge < -0.3 is 25.0 Å². The lowest BCUT2D eigenvalue weighted by Crippen LogP contribution is -2.27. The van der Waals surface area contributed by atoms with E-state index in [0.29, 0.717) is 25.6 Å². The Bertz CT molecular complexity index is 1210. The van der Waals surface area contributed by atoms with Gasteiger partial charge in [0.1, 0.15) is 30.7 Å². The zero-order valence-electron chi connectivity index (χ0n) is 24.5. The van der Waals surface area contributed by atoms with Crippen molar-refractivity contribution in [3.63, 3.8) is 0 Å². The first kappa shape index (κ1) is 31.3. The number of rotatable bonds is 13. The van der Waals surface area contributed by atoms with Crippen LogP contribution in [-0.2, 0) is 14.3 Å². The van der Waals surface area contributed by atoms with Crippen LogP contribution in [0.15, 0.2) is 53.3 Å². The molecule has 0 heterocycles. The second kappa shape index (κ2) is 14.4. The molecule has 3 atom stereocenters. The molecule has 1 saturated carbocycles. The number of ether oxygens (including phenoxy) is 1. The number of Topliss-reactive ketones (excluding diaryl/α,β-unsaturated/α-hetero) is 2. The molecule has 218 valence electrons. The van der Waals surface area contributed by atoms with Gasteiger partial charge in [-0.1, -0.05) is 32.8 Å². The molecule has 3 N–H and O–H groups in total. The minimum Gasteiger partial charge on any atom is -0.508 e. The monoisotopic (exact) mass is 553 g/mol. The maximum Gasteiger partial charge on any atom is 0.203 e. The zero-order chi connectivity index (χ0) is 29.4. The number of allylic oxidation sites excluding steroid dienone is 3. The highest BCUT2D eigenvalue weighted by atomic mass is 16.5. The number of anilines is 1. The van der Waals surface area contributed by atoms with Gasteiger partial charge in [-0.3, -0.25) is 9.59 Å². The van der Waals surface area contributed by atoms with Crippen molar-refractivity contribution in [1.29, 1.82) is 0 Å². The second-order valence-corrected chi connectivity index (χ2v) is 10.5. The van der Waals surface area contributed by atoms with E-state index in [1.54, 1.807) is 31.4 Å². The Hall–Kier alpha value is -3.23. The summed E-state index contributed by atoms with van der Waals surface area (Å²) in [6, 6.07) is 4.87. The standard InChI is InChI=1S/C32H44N2O6/c1-6-10-11-21(7-2)20-34(9-4)23-13-15-25(27(36)19-23)29-30(37)28(31(38)32(29)39)24-14-12-22(18-26(24)35)33(8-3)16-17-40-5/h12-15,18-19,21,28,31,35,38H,6-11,16-17,20H2,1-5H3/p+1. The number of carbonyl (C=O) groups is 2. The number of methoxy groups -OCH3 is 1. The Morgan fingerprint density at radius 1 is 1.07 bits per heavy atom. The molecular weight excluding hydrogens is 508 g/mol. The van der Waals surface area contributed by atoms with Gasteiger partial charge in [0, 0.05) is 55.1 Å². The number of benzene rings is 1. The van der Waals surface area contributed by atoms with Crippen LogP contribution in [0.25, 0.3) is 0 Å². The Labute approximate surface area is 238 Å². The number of ketones is 2. The van der Waals surface area contributed by atoms with Crippen molar-refractivity contribution in [3.05, 3.63) is 58.9 Å². The number of aliphatic hydroxyl groups is 2. The molecule has 8 heteroatoms. The van der Waals surface area contributed by atoms with Crippen LogP contribution in [0.5, 0.6) is 5.75 Å². The first-order valence-corrected chi connectivity index (χ1v) is 14.5. The lowest BCUT2D eigenvalue weighted by molar-refractivity contribution is -0.530. The van der Waals surface area contributed by atoms with E-state index in [9.17, 15) is 24.9 Å². The summed E-state index contributed by atoms with van der Waals surface area (Å²) in [6.45, 7) is 11.9. The number of nitrogens with zero attached hydrogens (tertiary/aromatic N) is 2. The SMILES string of the molecule is CCCCC(CC)C[N+](CC)=C1C=CC(=C2C(=O)C(O)C(c3ccc(N(CC)CCOC)cc3O)C2=O)C(O)=C1. The predicted molar refractivity (Wildman–Crippen MR) is 157 cm³/mol. The van der Waals surface area contributed by atoms with Gasteiger partial charge in [-0.2, -0.15) is 0 Å². The smallest absolute Gasteiger partial charge is 0.203 e. The maximum atomic E-state index is 13.5. The fourth-order valence-corrected chi connectivity index (χ4v) is 5.53. The summed E-state index contributed by atoms with van der Waals surface area (Å²) >= 11 is 0. The van der Waals surface area contributed by atoms with Crippen LogP contribution < -0.4 is 4.90 Å². The molecule has 0 bridgehead atoms. The third-order valence-electron chi connectivity index (χ3n) is 8.04. The van der Waals surface area contributed by atoms with Crippen LogP contribution in [0.2, 0.25) is 0 Å². The van der Waals surface area contributed by atoms with Crippen molar-refractivity contribution >= 4 is 23.0 Å². The highest BCUT2D eigenvalue weighted by Gasteiger charge is 2.48. The van der Waals surface area contributed by atoms with E-state index in [-0.39, 0.29) is 28.2 Å². The lowest BCUT2D eigenvalue weighted by atomic mass is 9.92. The van der Waals surface area contributed by atoms with Crippen LogP contribution in [0.4, 0.5) is 5.69 Å². The van der Waals surface area contributed by atoms with Gasteiger partial charge in [-0.15, -0.1) is 0 Å². The molecule has 2 aliphatic carbocycles. The van der Waals surface area contributed by atoms with Crippen molar-refractivity contribution in [1.82, 2.24) is 0 Å². The van der Waals surface area contributed by atoms with Gasteiger partial charge in [0.25, 0.3) is 0 Å². The summed E-state index contributed by atoms with van der Waals surface area (Å²) in [5.41, 5.74) is 1.60. The number of phenolic OH excluding ortho intramolecular Hbond substituents is 1. The number of carbonyl (C=O) groups excluding carboxylic acids is 2. The van der Waals surface area contributed by atoms with Crippen molar-refractivity contribution in [2.75, 3.05) is 44.8 Å². The fraction of sp³-hybridized carbons (Fsp3) is 0.531. The minimum absolute atomic E-state index is 0.0993. The molecule has 1 fully saturated rings. The van der Waals surface area contributed by atoms with Gasteiger partial charge in [0.05, 0.1) is 24.2 Å². The van der Waals surface area contributed by atoms with E-state index in [1.807, 2.05) is 17.9 Å². The van der Waals surface area contributed by atoms with E-state index >= 15 is 0 Å². The van der Waals surface area contributed by atoms with Gasteiger partial charge in [0.15, 0.2) is 11.6 Å². The Kier molecular flexibility index (Phi) is 11.3. The van der Waals surface area contributed by atoms with E-state index in [2.05, 4.69) is 25.3 Å². The molecule has 0 radical (unpaired) electrons. The Morgan fingerprint density at radius 2 is 1.82 bits per heavy atom. The van der Waals surface area contributed by atoms with Crippen LogP contribution in [-0.4, -0.2) is 83.2 Å². The molecule has 0 aromatic heterocycles. The Balaban J connectivity index is 1.92. The number of likely N-dealkylation sites (N-methyl/N-ethyl adjacent to an activating group) is 1. The summed E-state index contributed by atoms with van der Waals surface area (Å²) in [4.78, 5) is 28.7. The van der Waals surface area contributed by atoms with Crippen LogP contribution in [0, 0.1) is 5.92 Å². The van der Waals surface area contributed by atoms with E-state index in [4.69, 9.17) is 4.74 Å². The third kappa shape index (κ3) is 6.73. The molecular formula is C32H45N2O6+. The summed E-state index contributed by atoms with van der Waals surface area (Å²) in [6.07, 6.45) is 7.87. The molecule has 0 amide bonds. The van der Waals surface area contributed by atoms with Crippen molar-refractivity contribution in [3.8, 4) is 5.75 Å². The molecule has 8 nitrogen and oxygen atoms in total. The quantitative estimate of drug-likeness (QED) is 0.188. The van der Waals surface area contributed by atoms with E-state index in [1.165, 1.54) is 12.5 Å². The zero-order valence-corrected chi connectivity index (χ0v) is 24.5. The molecule has 2 aliphatic rings. The minimum atomic E-state index is -1.65. The topological polar surface area (TPSA) is 110 Å². The van der Waals surface area contributed by atoms with E-state index < -0.39 is 23.6 Å². The average Bonchev–Trinajstić information content (AvgIpc) is 3.16. The first-order chi connectivity index (χ1) is 19.2. The first-order valence-electron chi connectivity index (χ1n) is 14.5. The molecule has 0 saturated heterocycles. The van der Waals surface area contributed by atoms with Crippen molar-refractivity contribution < 1.29 is 34.2 Å². The van der Waals surface area contributed by atoms with Crippen LogP contribution in [0.1, 0.15) is 64.9 Å². The summed E-state index contributed by atoms with van der Waals surface area (Å²) in [7, 11) is 1.62. The summed E-state index contributed by atoms with van der Waals surface area (Å²) < 4.78 is 7.35. The number of aromatic hydroxyl groups is 1. The number of hydrogen-bond acceptors (Lipinski definition) is 7. The van der Waals surface area contributed by atoms with Crippen molar-refractivity contribution in [2.45, 2.75) is 65.4 Å². The van der Waals surface area contributed by atoms with E-state index in [0.717, 1.165) is 43.8 Å². The van der Waals surface area contributed by atoms with Crippen molar-refractivity contribution in [2.24, 2.45) is 5.92 Å². The normalized spacial score (nSPS) is 23.0. The van der Waals surface area contributed by atoms with Gasteiger partial charge in [-0.05, 0) is 38.8 Å². The van der Waals surface area contributed by atoms with Gasteiger partial charge >= 0.3 is 0 Å². The molecule has 3 unspecified atom stereocenters. The number of hydrogen-bond donors (Lipinski definition) is 3. The summed E-state index contributed by atoms with van der Waals surface area (Å²) in [5, 5.41) is 32.6. The van der Waals surface area contributed by atoms with Gasteiger partial charge in [0.2, 0.25) is 5.71 Å². The maximum absolute atomic E-state index is 13.5. The van der Waals surface area contributed by atoms with Crippen LogP contribution in [0.3, 0.4) is 0 Å². The number of unbranched alkanes of at least 4 members (excludes halogenated alkanes) is 1. The molecule has 1 aromatic carbocycles.